The van der Waals surface area contributed by atoms with Crippen molar-refractivity contribution in [1.82, 2.24) is 16.0 Å². The van der Waals surface area contributed by atoms with Crippen molar-refractivity contribution >= 4 is 23.7 Å². The van der Waals surface area contributed by atoms with Crippen LogP contribution in [0.2, 0.25) is 0 Å². The Hall–Kier alpha value is -3.10. The van der Waals surface area contributed by atoms with E-state index in [0.29, 0.717) is 18.4 Å². The van der Waals surface area contributed by atoms with Crippen molar-refractivity contribution in [2.75, 3.05) is 0 Å². The summed E-state index contributed by atoms with van der Waals surface area (Å²) in [6, 6.07) is 3.26. The summed E-state index contributed by atoms with van der Waals surface area (Å²) < 4.78 is 0. The molecular weight excluding hydrogens is 438 g/mol. The average Bonchev–Trinajstić information content (AvgIpc) is 2.73. The zero-order valence-electron chi connectivity index (χ0n) is 21.0. The van der Waals surface area contributed by atoms with Gasteiger partial charge in [0.25, 0.3) is 0 Å². The molecule has 4 atom stereocenters. The van der Waals surface area contributed by atoms with Crippen LogP contribution in [-0.4, -0.2) is 52.0 Å². The van der Waals surface area contributed by atoms with Crippen LogP contribution in [0.4, 0.5) is 0 Å². The minimum Gasteiger partial charge on any atom is -0.508 e. The van der Waals surface area contributed by atoms with Crippen molar-refractivity contribution in [3.63, 3.8) is 0 Å². The van der Waals surface area contributed by atoms with Crippen molar-refractivity contribution in [1.29, 1.82) is 0 Å². The number of carbonyl (C=O) groups excluding carboxylic acids is 3. The first kappa shape index (κ1) is 28.9. The van der Waals surface area contributed by atoms with Crippen LogP contribution in [0.15, 0.2) is 24.3 Å². The summed E-state index contributed by atoms with van der Waals surface area (Å²) in [5.41, 5.74) is 0.618. The van der Waals surface area contributed by atoms with Crippen molar-refractivity contribution in [2.45, 2.75) is 85.4 Å². The van der Waals surface area contributed by atoms with Gasteiger partial charge < -0.3 is 26.2 Å². The van der Waals surface area contributed by atoms with Crippen molar-refractivity contribution in [2.24, 2.45) is 11.3 Å². The van der Waals surface area contributed by atoms with E-state index in [1.165, 1.54) is 19.1 Å². The molecule has 5 N–H and O–H groups in total. The minimum atomic E-state index is -1.13. The van der Waals surface area contributed by atoms with Crippen LogP contribution in [0, 0.1) is 11.3 Å². The number of aliphatic carboxylic acids is 1. The predicted molar refractivity (Wildman–Crippen MR) is 129 cm³/mol. The molecule has 3 amide bonds. The number of rotatable bonds is 12. The molecule has 4 unspecified atom stereocenters. The lowest BCUT2D eigenvalue weighted by molar-refractivity contribution is -0.143. The van der Waals surface area contributed by atoms with Crippen molar-refractivity contribution in [3.8, 4) is 5.75 Å². The normalized spacial score (nSPS) is 14.9. The molecule has 0 aliphatic rings. The van der Waals surface area contributed by atoms with Gasteiger partial charge in [-0.3, -0.25) is 14.4 Å². The summed E-state index contributed by atoms with van der Waals surface area (Å²) in [6.07, 6.45) is 1.59. The number of phenolic OH excluding ortho intramolecular Hbond substituents is 1. The van der Waals surface area contributed by atoms with E-state index in [4.69, 9.17) is 0 Å². The molecule has 0 aliphatic heterocycles. The zero-order valence-corrected chi connectivity index (χ0v) is 21.0. The molecule has 0 heterocycles. The van der Waals surface area contributed by atoms with Crippen LogP contribution >= 0.6 is 0 Å². The third kappa shape index (κ3) is 10.2. The van der Waals surface area contributed by atoms with Gasteiger partial charge in [-0.25, -0.2) is 4.79 Å². The number of nitrogens with one attached hydrogen (secondary N) is 3. The number of carbonyl (C=O) groups is 4. The van der Waals surface area contributed by atoms with Crippen LogP contribution in [0.1, 0.15) is 66.4 Å². The highest BCUT2D eigenvalue weighted by molar-refractivity contribution is 5.93. The summed E-state index contributed by atoms with van der Waals surface area (Å²) in [7, 11) is 0. The van der Waals surface area contributed by atoms with E-state index in [2.05, 4.69) is 16.0 Å². The molecule has 190 valence electrons. The second-order valence-electron chi connectivity index (χ2n) is 9.99. The first-order valence-electron chi connectivity index (χ1n) is 11.6. The van der Waals surface area contributed by atoms with Crippen LogP contribution < -0.4 is 16.0 Å². The van der Waals surface area contributed by atoms with Gasteiger partial charge in [0.15, 0.2) is 0 Å². The van der Waals surface area contributed by atoms with Gasteiger partial charge in [0, 0.05) is 13.3 Å². The second kappa shape index (κ2) is 13.0. The van der Waals surface area contributed by atoms with Crippen molar-refractivity contribution in [3.05, 3.63) is 29.8 Å². The lowest BCUT2D eigenvalue weighted by Gasteiger charge is -2.28. The third-order valence-electron chi connectivity index (χ3n) is 5.66. The smallest absolute Gasteiger partial charge is 0.326 e. The first-order valence-corrected chi connectivity index (χ1v) is 11.6. The van der Waals surface area contributed by atoms with Crippen LogP contribution in [0.3, 0.4) is 0 Å². The largest absolute Gasteiger partial charge is 0.508 e. The molecule has 0 saturated carbocycles. The predicted octanol–water partition coefficient (Wildman–Crippen LogP) is 2.37. The van der Waals surface area contributed by atoms with E-state index >= 15 is 0 Å². The third-order valence-corrected chi connectivity index (χ3v) is 5.66. The Morgan fingerprint density at radius 3 is 2.00 bits per heavy atom. The van der Waals surface area contributed by atoms with E-state index in [1.54, 1.807) is 19.1 Å². The standard InChI is InChI=1S/C25H39N3O6/c1-7-15(2)21(23(32)27-19(24(33)34)12-13-25(4,5)6)28-22(31)20(26-16(3)29)14-17-8-10-18(30)11-9-17/h8-11,15,19-21,30H,7,12-14H2,1-6H3,(H,26,29)(H,27,32)(H,28,31)(H,33,34). The number of hydrogen-bond acceptors (Lipinski definition) is 5. The van der Waals surface area contributed by atoms with Crippen LogP contribution in [0.5, 0.6) is 5.75 Å². The molecule has 0 fully saturated rings. The van der Waals surface area contributed by atoms with Gasteiger partial charge in [0.05, 0.1) is 0 Å². The monoisotopic (exact) mass is 477 g/mol. The highest BCUT2D eigenvalue weighted by atomic mass is 16.4. The SMILES string of the molecule is CCC(C)C(NC(=O)C(Cc1ccc(O)cc1)NC(C)=O)C(=O)NC(CCC(C)(C)C)C(=O)O. The molecule has 9 heteroatoms. The topological polar surface area (TPSA) is 145 Å². The molecule has 1 aromatic rings. The molecule has 9 nitrogen and oxygen atoms in total. The molecular formula is C25H39N3O6. The molecule has 0 spiro atoms. The summed E-state index contributed by atoms with van der Waals surface area (Å²) in [4.78, 5) is 49.6. The van der Waals surface area contributed by atoms with Gasteiger partial charge in [-0.05, 0) is 41.9 Å². The molecule has 0 radical (unpaired) electrons. The number of phenols is 1. The molecule has 0 aliphatic carbocycles. The summed E-state index contributed by atoms with van der Waals surface area (Å²) >= 11 is 0. The number of carboxylic acids is 1. The van der Waals surface area contributed by atoms with E-state index in [0.717, 1.165) is 0 Å². The maximum Gasteiger partial charge on any atom is 0.326 e. The Balaban J connectivity index is 3.02. The molecule has 1 rings (SSSR count). The summed E-state index contributed by atoms with van der Waals surface area (Å²) in [6.45, 7) is 10.9. The molecule has 34 heavy (non-hydrogen) atoms. The van der Waals surface area contributed by atoms with Gasteiger partial charge in [-0.1, -0.05) is 53.2 Å². The van der Waals surface area contributed by atoms with Gasteiger partial charge in [-0.2, -0.15) is 0 Å². The lowest BCUT2D eigenvalue weighted by Crippen LogP contribution is -2.58. The van der Waals surface area contributed by atoms with Crippen molar-refractivity contribution < 1.29 is 29.4 Å². The molecule has 0 saturated heterocycles. The summed E-state index contributed by atoms with van der Waals surface area (Å²) in [5, 5.41) is 26.9. The summed E-state index contributed by atoms with van der Waals surface area (Å²) in [5.74, 6) is -2.85. The Kier molecular flexibility index (Phi) is 11.0. The molecule has 1 aromatic carbocycles. The zero-order chi connectivity index (χ0) is 26.1. The van der Waals surface area contributed by atoms with Crippen LogP contribution in [-0.2, 0) is 25.6 Å². The van der Waals surface area contributed by atoms with E-state index in [1.807, 2.05) is 27.7 Å². The highest BCUT2D eigenvalue weighted by Crippen LogP contribution is 2.22. The number of aromatic hydroxyl groups is 1. The van der Waals surface area contributed by atoms with Gasteiger partial charge >= 0.3 is 5.97 Å². The molecule has 0 aromatic heterocycles. The van der Waals surface area contributed by atoms with E-state index < -0.39 is 41.8 Å². The lowest BCUT2D eigenvalue weighted by atomic mass is 9.88. The Morgan fingerprint density at radius 2 is 1.53 bits per heavy atom. The first-order chi connectivity index (χ1) is 15.7. The maximum atomic E-state index is 13.1. The number of amides is 3. The number of carboxylic acid groups (broad SMARTS) is 1. The Bertz CT molecular complexity index is 847. The van der Waals surface area contributed by atoms with E-state index in [9.17, 15) is 29.4 Å². The average molecular weight is 478 g/mol. The highest BCUT2D eigenvalue weighted by Gasteiger charge is 2.32. The Morgan fingerprint density at radius 1 is 0.941 bits per heavy atom. The Labute approximate surface area is 201 Å². The fourth-order valence-electron chi connectivity index (χ4n) is 3.37. The van der Waals surface area contributed by atoms with Gasteiger partial charge in [0.2, 0.25) is 17.7 Å². The van der Waals surface area contributed by atoms with Crippen LogP contribution in [0.25, 0.3) is 0 Å². The second-order valence-corrected chi connectivity index (χ2v) is 9.99. The number of hydrogen-bond donors (Lipinski definition) is 5. The minimum absolute atomic E-state index is 0.0808. The number of benzene rings is 1. The van der Waals surface area contributed by atoms with Gasteiger partial charge in [-0.15, -0.1) is 0 Å². The fraction of sp³-hybridized carbons (Fsp3) is 0.600. The quantitative estimate of drug-likeness (QED) is 0.312. The molecule has 0 bridgehead atoms. The fourth-order valence-corrected chi connectivity index (χ4v) is 3.37. The maximum absolute atomic E-state index is 13.1. The van der Waals surface area contributed by atoms with Gasteiger partial charge in [0.1, 0.15) is 23.9 Å². The van der Waals surface area contributed by atoms with E-state index in [-0.39, 0.29) is 29.9 Å².